The number of rotatable bonds is 5. The minimum absolute atomic E-state index is 0.0295. The molecule has 0 bridgehead atoms. The van der Waals surface area contributed by atoms with Crippen LogP contribution in [0.5, 0.6) is 0 Å². The molecule has 1 saturated carbocycles. The summed E-state index contributed by atoms with van der Waals surface area (Å²) < 4.78 is 24.9. The van der Waals surface area contributed by atoms with E-state index in [1.54, 1.807) is 30.5 Å². The van der Waals surface area contributed by atoms with Gasteiger partial charge in [-0.3, -0.25) is 9.69 Å². The van der Waals surface area contributed by atoms with E-state index >= 15 is 0 Å². The van der Waals surface area contributed by atoms with Crippen LogP contribution in [0, 0.1) is 5.82 Å². The van der Waals surface area contributed by atoms with Crippen LogP contribution in [0.4, 0.5) is 4.39 Å². The normalized spacial score (nSPS) is 23.8. The molecule has 2 aliphatic heterocycles. The van der Waals surface area contributed by atoms with Gasteiger partial charge >= 0.3 is 0 Å². The Morgan fingerprint density at radius 1 is 1.10 bits per heavy atom. The lowest BCUT2D eigenvalue weighted by molar-refractivity contribution is -0.131. The molecule has 160 valence electrons. The van der Waals surface area contributed by atoms with Gasteiger partial charge in [0, 0.05) is 38.3 Å². The quantitative estimate of drug-likeness (QED) is 0.737. The number of carbonyl (C=O) groups excluding carboxylic acids is 1. The highest BCUT2D eigenvalue weighted by Crippen LogP contribution is 2.40. The zero-order chi connectivity index (χ0) is 20.6. The van der Waals surface area contributed by atoms with Crippen LogP contribution in [0.1, 0.15) is 54.6 Å². The fourth-order valence-electron chi connectivity index (χ4n) is 5.07. The highest BCUT2D eigenvalue weighted by Gasteiger charge is 2.45. The Bertz CT molecular complexity index is 855. The van der Waals surface area contributed by atoms with Crippen LogP contribution < -0.4 is 0 Å². The molecule has 3 aliphatic rings. The lowest BCUT2D eigenvalue weighted by atomic mass is 9.81. The van der Waals surface area contributed by atoms with Crippen LogP contribution in [0.25, 0.3) is 0 Å². The van der Waals surface area contributed by atoms with Gasteiger partial charge in [0.15, 0.2) is 5.76 Å². The molecule has 1 spiro atoms. The van der Waals surface area contributed by atoms with E-state index in [-0.39, 0.29) is 17.3 Å². The molecule has 1 aromatic carbocycles. The van der Waals surface area contributed by atoms with E-state index in [2.05, 4.69) is 4.90 Å². The first-order valence-electron chi connectivity index (χ1n) is 11.1. The summed E-state index contributed by atoms with van der Waals surface area (Å²) in [6.07, 6.45) is 7.81. The number of piperidine rings is 1. The number of ether oxygens (including phenoxy) is 1. The number of likely N-dealkylation sites (tertiary alicyclic amines) is 1. The van der Waals surface area contributed by atoms with E-state index in [0.29, 0.717) is 30.9 Å². The molecular weight excluding hydrogens is 383 g/mol. The van der Waals surface area contributed by atoms with Crippen LogP contribution in [0.3, 0.4) is 0 Å². The van der Waals surface area contributed by atoms with Gasteiger partial charge < -0.3 is 14.1 Å². The zero-order valence-electron chi connectivity index (χ0n) is 17.3. The van der Waals surface area contributed by atoms with Crippen molar-refractivity contribution in [2.24, 2.45) is 0 Å². The maximum Gasteiger partial charge on any atom is 0.289 e. The van der Waals surface area contributed by atoms with Gasteiger partial charge in [0.05, 0.1) is 11.9 Å². The second-order valence-corrected chi connectivity index (χ2v) is 8.98. The minimum atomic E-state index is -0.183. The summed E-state index contributed by atoms with van der Waals surface area (Å²) in [4.78, 5) is 17.1. The summed E-state index contributed by atoms with van der Waals surface area (Å²) in [6, 6.07) is 11.5. The summed E-state index contributed by atoms with van der Waals surface area (Å²) in [5.74, 6) is 0.198. The van der Waals surface area contributed by atoms with Crippen LogP contribution in [0.15, 0.2) is 47.1 Å². The fourth-order valence-corrected chi connectivity index (χ4v) is 5.07. The van der Waals surface area contributed by atoms with E-state index in [9.17, 15) is 9.18 Å². The molecule has 3 heterocycles. The number of hydrogen-bond acceptors (Lipinski definition) is 4. The van der Waals surface area contributed by atoms with Gasteiger partial charge in [0.2, 0.25) is 0 Å². The van der Waals surface area contributed by atoms with Gasteiger partial charge in [0.25, 0.3) is 5.91 Å². The van der Waals surface area contributed by atoms with Crippen LogP contribution in [0.2, 0.25) is 0 Å². The van der Waals surface area contributed by atoms with Crippen LogP contribution in [-0.2, 0) is 11.3 Å². The third-order valence-corrected chi connectivity index (χ3v) is 6.92. The number of nitrogens with zero attached hydrogens (tertiary/aromatic N) is 2. The average molecular weight is 413 g/mol. The first-order valence-corrected chi connectivity index (χ1v) is 11.1. The second-order valence-electron chi connectivity index (χ2n) is 8.98. The van der Waals surface area contributed by atoms with E-state index in [4.69, 9.17) is 9.15 Å². The first kappa shape index (κ1) is 19.8. The van der Waals surface area contributed by atoms with Crippen molar-refractivity contribution in [1.82, 2.24) is 9.80 Å². The largest absolute Gasteiger partial charge is 0.459 e. The molecule has 2 aromatic rings. The van der Waals surface area contributed by atoms with Gasteiger partial charge in [-0.05, 0) is 68.4 Å². The van der Waals surface area contributed by atoms with E-state index < -0.39 is 0 Å². The first-order chi connectivity index (χ1) is 14.6. The predicted molar refractivity (Wildman–Crippen MR) is 111 cm³/mol. The maximum atomic E-state index is 13.3. The number of hydrogen-bond donors (Lipinski definition) is 0. The molecule has 5 rings (SSSR count). The number of halogens is 1. The fraction of sp³-hybridized carbons (Fsp3) is 0.542. The summed E-state index contributed by atoms with van der Waals surface area (Å²) in [5.41, 5.74) is 1.03. The van der Waals surface area contributed by atoms with Crippen molar-refractivity contribution >= 4 is 5.91 Å². The molecule has 1 unspecified atom stereocenters. The van der Waals surface area contributed by atoms with Crippen molar-refractivity contribution in [2.75, 3.05) is 19.7 Å². The Balaban J connectivity index is 1.24. The minimum Gasteiger partial charge on any atom is -0.459 e. The van der Waals surface area contributed by atoms with Crippen molar-refractivity contribution in [3.8, 4) is 0 Å². The molecule has 6 heteroatoms. The van der Waals surface area contributed by atoms with Crippen molar-refractivity contribution in [3.05, 3.63) is 59.8 Å². The molecule has 0 N–H and O–H groups in total. The number of benzene rings is 1. The Labute approximate surface area is 176 Å². The molecule has 1 aliphatic carbocycles. The van der Waals surface area contributed by atoms with E-state index in [1.165, 1.54) is 18.4 Å². The highest BCUT2D eigenvalue weighted by molar-refractivity contribution is 5.91. The SMILES string of the molecule is O=C(c1ccco1)N1CCC2(CC1)CC(N(Cc1ccc(F)cc1)C1CC1)CCO2. The molecule has 1 atom stereocenters. The van der Waals surface area contributed by atoms with Gasteiger partial charge in [0.1, 0.15) is 5.82 Å². The molecule has 2 saturated heterocycles. The van der Waals surface area contributed by atoms with Crippen molar-refractivity contribution in [1.29, 1.82) is 0 Å². The Kier molecular flexibility index (Phi) is 5.37. The number of carbonyl (C=O) groups is 1. The molecule has 30 heavy (non-hydrogen) atoms. The van der Waals surface area contributed by atoms with Gasteiger partial charge in [-0.25, -0.2) is 4.39 Å². The van der Waals surface area contributed by atoms with Crippen LogP contribution >= 0.6 is 0 Å². The van der Waals surface area contributed by atoms with E-state index in [0.717, 1.165) is 38.8 Å². The maximum absolute atomic E-state index is 13.3. The van der Waals surface area contributed by atoms with Gasteiger partial charge in [-0.15, -0.1) is 0 Å². The summed E-state index contributed by atoms with van der Waals surface area (Å²) in [7, 11) is 0. The molecule has 1 amide bonds. The molecule has 0 radical (unpaired) electrons. The molecular formula is C24H29FN2O3. The second kappa shape index (κ2) is 8.16. The van der Waals surface area contributed by atoms with Gasteiger partial charge in [-0.1, -0.05) is 12.1 Å². The van der Waals surface area contributed by atoms with Crippen molar-refractivity contribution in [2.45, 2.75) is 62.8 Å². The van der Waals surface area contributed by atoms with Gasteiger partial charge in [-0.2, -0.15) is 0 Å². The molecule has 3 fully saturated rings. The lowest BCUT2D eigenvalue weighted by Gasteiger charge is -2.48. The smallest absolute Gasteiger partial charge is 0.289 e. The zero-order valence-corrected chi connectivity index (χ0v) is 17.3. The summed E-state index contributed by atoms with van der Waals surface area (Å²) in [5, 5.41) is 0. The average Bonchev–Trinajstić information content (AvgIpc) is 3.46. The van der Waals surface area contributed by atoms with Crippen molar-refractivity contribution < 1.29 is 18.3 Å². The Morgan fingerprint density at radius 2 is 1.87 bits per heavy atom. The summed E-state index contributed by atoms with van der Waals surface area (Å²) >= 11 is 0. The Hall–Kier alpha value is -2.18. The third-order valence-electron chi connectivity index (χ3n) is 6.92. The predicted octanol–water partition coefficient (Wildman–Crippen LogP) is 4.24. The Morgan fingerprint density at radius 3 is 2.53 bits per heavy atom. The monoisotopic (exact) mass is 412 g/mol. The lowest BCUT2D eigenvalue weighted by Crippen LogP contribution is -2.54. The van der Waals surface area contributed by atoms with Crippen molar-refractivity contribution in [3.63, 3.8) is 0 Å². The molecule has 1 aromatic heterocycles. The number of amides is 1. The summed E-state index contributed by atoms with van der Waals surface area (Å²) in [6.45, 7) is 3.04. The molecule has 5 nitrogen and oxygen atoms in total. The number of furan rings is 1. The van der Waals surface area contributed by atoms with Crippen LogP contribution in [-0.4, -0.2) is 53.1 Å². The van der Waals surface area contributed by atoms with E-state index in [1.807, 2.05) is 17.0 Å². The highest BCUT2D eigenvalue weighted by atomic mass is 19.1. The standard InChI is InChI=1S/C24H29FN2O3/c25-19-5-3-18(4-6-19)17-27(20-7-8-20)21-9-15-30-24(16-21)10-12-26(13-11-24)23(28)22-2-1-14-29-22/h1-6,14,20-21H,7-13,15-17H2. The topological polar surface area (TPSA) is 45.9 Å². The third kappa shape index (κ3) is 4.16.